The smallest absolute Gasteiger partial charge is 0.407 e. The monoisotopic (exact) mass is 378 g/mol. The maximum absolute atomic E-state index is 12.8. The van der Waals surface area contributed by atoms with Gasteiger partial charge in [0.15, 0.2) is 5.78 Å². The predicted octanol–water partition coefficient (Wildman–Crippen LogP) is 3.28. The minimum Gasteiger partial charge on any atom is -0.445 e. The lowest BCUT2D eigenvalue weighted by Crippen LogP contribution is -2.52. The number of rotatable bonds is 6. The van der Waals surface area contributed by atoms with Crippen molar-refractivity contribution in [1.82, 2.24) is 10.2 Å². The van der Waals surface area contributed by atoms with E-state index in [4.69, 9.17) is 4.74 Å². The number of amides is 1. The van der Waals surface area contributed by atoms with Crippen molar-refractivity contribution < 1.29 is 14.3 Å². The highest BCUT2D eigenvalue weighted by molar-refractivity contribution is 6.09. The van der Waals surface area contributed by atoms with Gasteiger partial charge in [-0.1, -0.05) is 54.6 Å². The highest BCUT2D eigenvalue weighted by atomic mass is 16.6. The van der Waals surface area contributed by atoms with Crippen molar-refractivity contribution >= 4 is 11.9 Å². The third-order valence-electron chi connectivity index (χ3n) is 5.82. The van der Waals surface area contributed by atoms with E-state index in [9.17, 15) is 9.59 Å². The molecule has 146 valence electrons. The molecule has 0 aliphatic carbocycles. The summed E-state index contributed by atoms with van der Waals surface area (Å²) in [4.78, 5) is 27.3. The Labute approximate surface area is 165 Å². The Morgan fingerprint density at radius 2 is 1.71 bits per heavy atom. The zero-order valence-electron chi connectivity index (χ0n) is 16.0. The number of nitrogens with one attached hydrogen (secondary N) is 1. The van der Waals surface area contributed by atoms with Gasteiger partial charge in [0.25, 0.3) is 0 Å². The third kappa shape index (κ3) is 4.25. The van der Waals surface area contributed by atoms with Crippen LogP contribution in [0.25, 0.3) is 0 Å². The van der Waals surface area contributed by atoms with Crippen LogP contribution in [-0.2, 0) is 11.2 Å². The summed E-state index contributed by atoms with van der Waals surface area (Å²) >= 11 is 0. The van der Waals surface area contributed by atoms with Crippen molar-refractivity contribution in [2.24, 2.45) is 5.92 Å². The molecular formula is C23H26N2O3. The molecule has 0 spiro atoms. The van der Waals surface area contributed by atoms with Crippen LogP contribution < -0.4 is 5.32 Å². The number of ether oxygens (including phenoxy) is 1. The molecule has 2 aromatic rings. The van der Waals surface area contributed by atoms with Gasteiger partial charge >= 0.3 is 6.09 Å². The molecule has 2 aromatic carbocycles. The van der Waals surface area contributed by atoms with Crippen LogP contribution in [-0.4, -0.2) is 49.1 Å². The van der Waals surface area contributed by atoms with E-state index in [1.54, 1.807) is 0 Å². The summed E-state index contributed by atoms with van der Waals surface area (Å²) in [6, 6.07) is 16.8. The van der Waals surface area contributed by atoms with E-state index in [0.29, 0.717) is 30.0 Å². The zero-order valence-corrected chi connectivity index (χ0v) is 16.0. The molecule has 1 atom stereocenters. The molecule has 5 nitrogen and oxygen atoms in total. The molecule has 0 saturated carbocycles. The fourth-order valence-corrected chi connectivity index (χ4v) is 4.23. The second-order valence-electron chi connectivity index (χ2n) is 7.61. The summed E-state index contributed by atoms with van der Waals surface area (Å²) in [5, 5.41) is 2.85. The Kier molecular flexibility index (Phi) is 5.72. The Morgan fingerprint density at radius 3 is 2.43 bits per heavy atom. The number of fused-ring (bicyclic) bond motifs is 3. The molecule has 0 radical (unpaired) electrons. The lowest BCUT2D eigenvalue weighted by atomic mass is 9.86. The highest BCUT2D eigenvalue weighted by Crippen LogP contribution is 2.29. The first kappa shape index (κ1) is 18.7. The fourth-order valence-electron chi connectivity index (χ4n) is 4.23. The van der Waals surface area contributed by atoms with Crippen molar-refractivity contribution in [1.29, 1.82) is 0 Å². The van der Waals surface area contributed by atoms with Gasteiger partial charge in [-0.15, -0.1) is 0 Å². The Bertz CT molecular complexity index is 829. The van der Waals surface area contributed by atoms with Crippen LogP contribution in [0.3, 0.4) is 0 Å². The zero-order chi connectivity index (χ0) is 19.3. The first-order valence-electron chi connectivity index (χ1n) is 10.0. The number of benzene rings is 2. The predicted molar refractivity (Wildman–Crippen MR) is 107 cm³/mol. The quantitative estimate of drug-likeness (QED) is 0.784. The van der Waals surface area contributed by atoms with E-state index >= 15 is 0 Å². The minimum absolute atomic E-state index is 0.00561. The second kappa shape index (κ2) is 8.57. The minimum atomic E-state index is -0.356. The number of hydrogen-bond acceptors (Lipinski definition) is 4. The van der Waals surface area contributed by atoms with Gasteiger partial charge in [0, 0.05) is 24.2 Å². The van der Waals surface area contributed by atoms with Gasteiger partial charge in [0.05, 0.1) is 0 Å². The molecule has 1 amide bonds. The van der Waals surface area contributed by atoms with E-state index in [1.165, 1.54) is 0 Å². The molecule has 3 heterocycles. The maximum Gasteiger partial charge on any atom is 0.407 e. The van der Waals surface area contributed by atoms with Crippen molar-refractivity contribution in [3.63, 3.8) is 0 Å². The van der Waals surface area contributed by atoms with E-state index in [1.807, 2.05) is 54.6 Å². The molecule has 1 N–H and O–H groups in total. The standard InChI is InChI=1S/C23H26N2O3/c26-22(19-7-2-1-3-8-19)20-9-5-4-6-17(20)10-13-24-23(27)28-21-16-25-14-11-18(21)12-15-25/h1-9,18,21H,10-16H2,(H,24,27)/t21-/m0/s1. The first-order chi connectivity index (χ1) is 13.7. The lowest BCUT2D eigenvalue weighted by molar-refractivity contribution is -0.0330. The average molecular weight is 378 g/mol. The molecule has 3 fully saturated rings. The van der Waals surface area contributed by atoms with Gasteiger partial charge < -0.3 is 10.1 Å². The van der Waals surface area contributed by atoms with Gasteiger partial charge in [-0.2, -0.15) is 0 Å². The fraction of sp³-hybridized carbons (Fsp3) is 0.391. The van der Waals surface area contributed by atoms with Crippen LogP contribution in [0.4, 0.5) is 4.79 Å². The van der Waals surface area contributed by atoms with Crippen LogP contribution in [0.15, 0.2) is 54.6 Å². The van der Waals surface area contributed by atoms with Crippen molar-refractivity contribution in [3.8, 4) is 0 Å². The Hall–Kier alpha value is -2.66. The third-order valence-corrected chi connectivity index (χ3v) is 5.82. The number of carbonyl (C=O) groups excluding carboxylic acids is 2. The maximum atomic E-state index is 12.8. The van der Waals surface area contributed by atoms with E-state index < -0.39 is 0 Å². The molecule has 3 aliphatic rings. The Morgan fingerprint density at radius 1 is 1.00 bits per heavy atom. The van der Waals surface area contributed by atoms with Gasteiger partial charge in [-0.05, 0) is 43.8 Å². The number of carbonyl (C=O) groups is 2. The van der Waals surface area contributed by atoms with Gasteiger partial charge in [0.2, 0.25) is 0 Å². The molecule has 0 unspecified atom stereocenters. The molecule has 2 bridgehead atoms. The second-order valence-corrected chi connectivity index (χ2v) is 7.61. The lowest BCUT2D eigenvalue weighted by Gasteiger charge is -2.43. The summed E-state index contributed by atoms with van der Waals surface area (Å²) in [6.45, 7) is 3.54. The number of alkyl carbamates (subject to hydrolysis) is 1. The summed E-state index contributed by atoms with van der Waals surface area (Å²) < 4.78 is 5.65. The highest BCUT2D eigenvalue weighted by Gasteiger charge is 2.36. The molecule has 0 aromatic heterocycles. The summed E-state index contributed by atoms with van der Waals surface area (Å²) in [5.41, 5.74) is 2.28. The van der Waals surface area contributed by atoms with Gasteiger partial charge in [0.1, 0.15) is 6.10 Å². The number of hydrogen-bond donors (Lipinski definition) is 1. The van der Waals surface area contributed by atoms with Crippen LogP contribution in [0.5, 0.6) is 0 Å². The van der Waals surface area contributed by atoms with Crippen molar-refractivity contribution in [2.75, 3.05) is 26.2 Å². The summed E-state index contributed by atoms with van der Waals surface area (Å²) in [5.74, 6) is 0.506. The van der Waals surface area contributed by atoms with E-state index in [2.05, 4.69) is 10.2 Å². The van der Waals surface area contributed by atoms with Crippen LogP contribution in [0, 0.1) is 5.92 Å². The number of ketones is 1. The van der Waals surface area contributed by atoms with Crippen LogP contribution in [0.2, 0.25) is 0 Å². The average Bonchev–Trinajstić information content (AvgIpc) is 2.75. The van der Waals surface area contributed by atoms with E-state index in [-0.39, 0.29) is 18.0 Å². The SMILES string of the molecule is O=C(NCCc1ccccc1C(=O)c1ccccc1)O[C@H]1CN2CCC1CC2. The van der Waals surface area contributed by atoms with Gasteiger partial charge in [-0.3, -0.25) is 9.69 Å². The van der Waals surface area contributed by atoms with Gasteiger partial charge in [-0.25, -0.2) is 4.79 Å². The molecule has 5 rings (SSSR count). The van der Waals surface area contributed by atoms with Crippen molar-refractivity contribution in [2.45, 2.75) is 25.4 Å². The first-order valence-corrected chi connectivity index (χ1v) is 10.0. The largest absolute Gasteiger partial charge is 0.445 e. The molecule has 28 heavy (non-hydrogen) atoms. The topological polar surface area (TPSA) is 58.6 Å². The summed E-state index contributed by atoms with van der Waals surface area (Å²) in [7, 11) is 0. The van der Waals surface area contributed by atoms with Crippen LogP contribution >= 0.6 is 0 Å². The molecule has 3 saturated heterocycles. The molecular weight excluding hydrogens is 352 g/mol. The molecule has 3 aliphatic heterocycles. The number of piperidine rings is 3. The van der Waals surface area contributed by atoms with Crippen molar-refractivity contribution in [3.05, 3.63) is 71.3 Å². The van der Waals surface area contributed by atoms with E-state index in [0.717, 1.165) is 38.0 Å². The Balaban J connectivity index is 1.32. The molecule has 5 heteroatoms. The summed E-state index contributed by atoms with van der Waals surface area (Å²) in [6.07, 6.45) is 2.48. The van der Waals surface area contributed by atoms with Crippen LogP contribution in [0.1, 0.15) is 34.3 Å². The number of nitrogens with zero attached hydrogens (tertiary/aromatic N) is 1. The normalized spacial score (nSPS) is 23.2.